The maximum atomic E-state index is 13.1. The van der Waals surface area contributed by atoms with Gasteiger partial charge in [-0.3, -0.25) is 0 Å². The van der Waals surface area contributed by atoms with Crippen molar-refractivity contribution in [2.45, 2.75) is 50.9 Å². The summed E-state index contributed by atoms with van der Waals surface area (Å²) in [5.74, 6) is 0.705. The average molecular weight is 479 g/mol. The number of hydrogen-bond acceptors (Lipinski definition) is 1. The standard InChI is InChI=1S/C8H6Br3O.C5H5.Fe/c9-4-3-7(12)5-1-2-6(10)8(5)11;1-2-4-5-3-1;/h1-2H,3-4H2;1-5H;. The molecule has 0 bridgehead atoms. The van der Waals surface area contributed by atoms with E-state index < -0.39 is 6.51 Å². The summed E-state index contributed by atoms with van der Waals surface area (Å²) in [6.07, 6.45) is 0.802. The first-order valence-electron chi connectivity index (χ1n) is 6.99. The fraction of sp³-hybridized carbons (Fsp3) is 0.923. The summed E-state index contributed by atoms with van der Waals surface area (Å²) in [5.41, 5.74) is 0. The number of carbonyl (C=O) groups excluding carboxylic acids is 1. The van der Waals surface area contributed by atoms with E-state index in [9.17, 15) is 4.79 Å². The monoisotopic (exact) mass is 476 g/mol. The van der Waals surface area contributed by atoms with E-state index in [2.05, 4.69) is 47.8 Å². The van der Waals surface area contributed by atoms with Gasteiger partial charge in [0.25, 0.3) is 0 Å². The molecule has 5 heteroatoms. The molecule has 18 heavy (non-hydrogen) atoms. The van der Waals surface area contributed by atoms with Crippen LogP contribution >= 0.6 is 47.8 Å². The Hall–Kier alpha value is 1.63. The zero-order valence-electron chi connectivity index (χ0n) is 9.35. The summed E-state index contributed by atoms with van der Waals surface area (Å²) in [7, 11) is 0. The molecule has 10 aliphatic rings. The molecule has 0 amide bonds. The van der Waals surface area contributed by atoms with Crippen molar-refractivity contribution in [1.29, 1.82) is 0 Å². The van der Waals surface area contributed by atoms with Crippen molar-refractivity contribution in [1.82, 2.24) is 0 Å². The second-order valence-electron chi connectivity index (χ2n) is 10.5. The van der Waals surface area contributed by atoms with Crippen LogP contribution in [0.5, 0.6) is 0 Å². The molecule has 1 spiro atoms. The fourth-order valence-corrected chi connectivity index (χ4v) is 118. The van der Waals surface area contributed by atoms with Gasteiger partial charge in [0, 0.05) is 0 Å². The fourth-order valence-electron chi connectivity index (χ4n) is 17.3. The third-order valence-corrected chi connectivity index (χ3v) is 73.7. The van der Waals surface area contributed by atoms with Crippen LogP contribution in [0.2, 0.25) is 38.0 Å². The van der Waals surface area contributed by atoms with E-state index >= 15 is 0 Å². The summed E-state index contributed by atoms with van der Waals surface area (Å²) in [6, 6.07) is 0. The molecular formula is C13H11Br3FeO. The van der Waals surface area contributed by atoms with Gasteiger partial charge in [0.1, 0.15) is 0 Å². The van der Waals surface area contributed by atoms with Crippen LogP contribution in [0.4, 0.5) is 0 Å². The van der Waals surface area contributed by atoms with E-state index in [4.69, 9.17) is 0 Å². The molecule has 0 aromatic rings. The zero-order valence-corrected chi connectivity index (χ0v) is 15.2. The van der Waals surface area contributed by atoms with E-state index in [0.717, 1.165) is 45.5 Å². The van der Waals surface area contributed by atoms with Crippen molar-refractivity contribution >= 4 is 53.6 Å². The summed E-state index contributed by atoms with van der Waals surface area (Å²) < 4.78 is 1.28. The summed E-state index contributed by atoms with van der Waals surface area (Å²) in [5, 5.41) is 0.880. The molecule has 0 N–H and O–H groups in total. The first kappa shape index (κ1) is 8.31. The Balaban J connectivity index is 1.64. The SMILES string of the molecule is O=C(CCBr)[C]12[CH]3[CH]4[C]5(Br)[C]1(Br)[Fe]43521678[CH]2[CH]1[CH]6[CH]7[CH]28. The Morgan fingerprint density at radius 2 is 1.61 bits per heavy atom. The third-order valence-electron chi connectivity index (χ3n) is 15.4. The molecule has 10 rings (SSSR count). The van der Waals surface area contributed by atoms with Crippen molar-refractivity contribution in [2.24, 2.45) is 0 Å². The predicted octanol–water partition coefficient (Wildman–Crippen LogP) is 4.71. The average Bonchev–Trinajstić information content (AvgIpc) is 3.28. The number of alkyl halides is 3. The van der Waals surface area contributed by atoms with Crippen LogP contribution in [0, 0.1) is 0 Å². The molecule has 0 radical (unpaired) electrons. The predicted molar refractivity (Wildman–Crippen MR) is 75.7 cm³/mol. The van der Waals surface area contributed by atoms with Gasteiger partial charge < -0.3 is 0 Å². The van der Waals surface area contributed by atoms with Crippen LogP contribution in [0.1, 0.15) is 6.42 Å². The Morgan fingerprint density at radius 3 is 1.83 bits per heavy atom. The number of hydrogen-bond donors (Lipinski definition) is 0. The molecule has 98 valence electrons. The van der Waals surface area contributed by atoms with Gasteiger partial charge in [-0.2, -0.15) is 0 Å². The molecule has 0 saturated carbocycles. The van der Waals surface area contributed by atoms with E-state index in [1.54, 1.807) is 0 Å². The van der Waals surface area contributed by atoms with Crippen molar-refractivity contribution in [3.63, 3.8) is 0 Å². The maximum absolute atomic E-state index is 13.1. The van der Waals surface area contributed by atoms with Crippen LogP contribution in [0.15, 0.2) is 0 Å². The first-order valence-corrected chi connectivity index (χ1v) is 15.8. The molecule has 10 aliphatic heterocycles. The number of halogens is 3. The summed E-state index contributed by atoms with van der Waals surface area (Å²) >= 11 is 12.2. The second kappa shape index (κ2) is 0.705. The number of fused-ring (bicyclic) bond motifs is 10. The number of ketones is 1. The molecule has 0 aromatic carbocycles. The Labute approximate surface area is 120 Å². The van der Waals surface area contributed by atoms with E-state index in [-0.39, 0.29) is 0 Å². The molecule has 0 aliphatic carbocycles. The Kier molecular flexibility index (Phi) is 0.326. The van der Waals surface area contributed by atoms with Crippen LogP contribution in [0.3, 0.4) is 0 Å². The second-order valence-corrected chi connectivity index (χ2v) is 38.0. The molecule has 10 heterocycles. The van der Waals surface area contributed by atoms with Gasteiger partial charge in [-0.25, -0.2) is 0 Å². The molecule has 1 nitrogen and oxygen atoms in total. The van der Waals surface area contributed by atoms with Crippen molar-refractivity contribution in [2.75, 3.05) is 5.33 Å². The van der Waals surface area contributed by atoms with Gasteiger partial charge in [0.05, 0.1) is 0 Å². The van der Waals surface area contributed by atoms with E-state index in [0.29, 0.717) is 16.5 Å². The van der Waals surface area contributed by atoms with Gasteiger partial charge in [-0.1, -0.05) is 0 Å². The normalized spacial score (nSPS) is 121. The number of Topliss-reactive ketones (excluding diaryl/α,β-unsaturated/α-hetero) is 1. The molecule has 10 saturated heterocycles. The van der Waals surface area contributed by atoms with E-state index in [1.165, 1.54) is 0 Å². The summed E-state index contributed by atoms with van der Waals surface area (Å²) in [4.78, 5) is 21.0. The minimum absolute atomic E-state index is 0.304. The van der Waals surface area contributed by atoms with Gasteiger partial charge in [-0.05, 0) is 0 Å². The molecule has 10 fully saturated rings. The molecular weight excluding hydrogens is 468 g/mol. The van der Waals surface area contributed by atoms with Crippen LogP contribution < -0.4 is 0 Å². The minimum atomic E-state index is -3.53. The third kappa shape index (κ3) is 0.0770. The van der Waals surface area contributed by atoms with Crippen molar-refractivity contribution in [3.8, 4) is 0 Å². The van der Waals surface area contributed by atoms with Gasteiger partial charge >= 0.3 is 121 Å². The number of carbonyl (C=O) groups is 1. The Morgan fingerprint density at radius 1 is 1.06 bits per heavy atom. The van der Waals surface area contributed by atoms with E-state index in [1.807, 2.05) is 0 Å². The zero-order chi connectivity index (χ0) is 11.8. The molecule has 0 aromatic heterocycles. The molecule has 5 atom stereocenters. The summed E-state index contributed by atoms with van der Waals surface area (Å²) in [6.45, 7) is -3.53. The van der Waals surface area contributed by atoms with Crippen molar-refractivity contribution in [3.05, 3.63) is 0 Å². The molecule has 5 unspecified atom stereocenters. The number of rotatable bonds is 3. The topological polar surface area (TPSA) is 17.1 Å². The van der Waals surface area contributed by atoms with Crippen molar-refractivity contribution < 1.29 is 11.3 Å². The van der Waals surface area contributed by atoms with Gasteiger partial charge in [-0.15, -0.1) is 0 Å². The van der Waals surface area contributed by atoms with Gasteiger partial charge in [0.15, 0.2) is 0 Å². The van der Waals surface area contributed by atoms with Gasteiger partial charge in [0.2, 0.25) is 0 Å². The first-order chi connectivity index (χ1) is 8.31. The quantitative estimate of drug-likeness (QED) is 0.424. The van der Waals surface area contributed by atoms with Crippen LogP contribution in [-0.4, -0.2) is 17.6 Å². The van der Waals surface area contributed by atoms with Crippen LogP contribution in [-0.2, 0) is 11.3 Å². The van der Waals surface area contributed by atoms with Crippen LogP contribution in [0.25, 0.3) is 0 Å². The Bertz CT molecular complexity index is 1080.